The number of nitrogens with zero attached hydrogens (tertiary/aromatic N) is 4. The zero-order valence-electron chi connectivity index (χ0n) is 12.4. The molecule has 0 amide bonds. The van der Waals surface area contributed by atoms with Gasteiger partial charge in [-0.15, -0.1) is 24.8 Å². The lowest BCUT2D eigenvalue weighted by Gasteiger charge is -2.12. The maximum atomic E-state index is 12.2. The molecule has 0 fully saturated rings. The predicted octanol–water partition coefficient (Wildman–Crippen LogP) is 3.98. The van der Waals surface area contributed by atoms with Crippen molar-refractivity contribution >= 4 is 28.8 Å². The van der Waals surface area contributed by atoms with Gasteiger partial charge in [0.25, 0.3) is 0 Å². The van der Waals surface area contributed by atoms with Crippen LogP contribution in [0.15, 0.2) is 36.5 Å². The van der Waals surface area contributed by atoms with E-state index in [2.05, 4.69) is 20.1 Å². The quantitative estimate of drug-likeness (QED) is 0.706. The summed E-state index contributed by atoms with van der Waals surface area (Å²) in [4.78, 5) is 4.24. The van der Waals surface area contributed by atoms with Crippen LogP contribution in [0, 0.1) is 11.3 Å². The van der Waals surface area contributed by atoms with Crippen molar-refractivity contribution < 1.29 is 17.9 Å². The summed E-state index contributed by atoms with van der Waals surface area (Å²) in [7, 11) is 0. The molecule has 0 unspecified atom stereocenters. The summed E-state index contributed by atoms with van der Waals surface area (Å²) >= 11 is 5.82. The molecule has 3 rings (SSSR count). The highest BCUT2D eigenvalue weighted by Crippen LogP contribution is 2.26. The van der Waals surface area contributed by atoms with E-state index < -0.39 is 6.36 Å². The third kappa shape index (κ3) is 3.75. The standard InChI is InChI=1S/C15H9ClF3N5O/c16-6-11-5-13(24-14(23-11)9(7-20)8-21-24)22-10-1-3-12(4-2-10)25-15(17,18)19/h1-5,8,22H,6H2. The molecule has 0 saturated carbocycles. The summed E-state index contributed by atoms with van der Waals surface area (Å²) in [5, 5.41) is 16.2. The lowest BCUT2D eigenvalue weighted by molar-refractivity contribution is -0.274. The molecule has 0 spiro atoms. The van der Waals surface area contributed by atoms with Crippen LogP contribution in [0.25, 0.3) is 5.65 Å². The van der Waals surface area contributed by atoms with Crippen LogP contribution >= 0.6 is 11.6 Å². The Morgan fingerprint density at radius 2 is 2.00 bits per heavy atom. The zero-order chi connectivity index (χ0) is 18.0. The highest BCUT2D eigenvalue weighted by Gasteiger charge is 2.30. The number of benzene rings is 1. The van der Waals surface area contributed by atoms with Gasteiger partial charge in [-0.1, -0.05) is 0 Å². The fourth-order valence-corrected chi connectivity index (χ4v) is 2.27. The van der Waals surface area contributed by atoms with Crippen LogP contribution in [0.4, 0.5) is 24.7 Å². The van der Waals surface area contributed by atoms with Crippen LogP contribution < -0.4 is 10.1 Å². The molecule has 3 aromatic rings. The molecule has 2 heterocycles. The fraction of sp³-hybridized carbons (Fsp3) is 0.133. The molecule has 10 heteroatoms. The van der Waals surface area contributed by atoms with Crippen LogP contribution in [-0.4, -0.2) is 21.0 Å². The molecule has 25 heavy (non-hydrogen) atoms. The van der Waals surface area contributed by atoms with Crippen molar-refractivity contribution in [3.63, 3.8) is 0 Å². The normalized spacial score (nSPS) is 11.3. The number of rotatable bonds is 4. The van der Waals surface area contributed by atoms with E-state index >= 15 is 0 Å². The first-order valence-electron chi connectivity index (χ1n) is 6.86. The second kappa shape index (κ2) is 6.49. The van der Waals surface area contributed by atoms with E-state index in [1.807, 2.05) is 6.07 Å². The lowest BCUT2D eigenvalue weighted by atomic mass is 10.3. The number of alkyl halides is 4. The maximum Gasteiger partial charge on any atom is 0.573 e. The molecule has 1 N–H and O–H groups in total. The van der Waals surface area contributed by atoms with Gasteiger partial charge in [-0.2, -0.15) is 14.9 Å². The molecule has 6 nitrogen and oxygen atoms in total. The van der Waals surface area contributed by atoms with E-state index in [1.165, 1.54) is 35.0 Å². The van der Waals surface area contributed by atoms with Crippen LogP contribution in [-0.2, 0) is 5.88 Å². The van der Waals surface area contributed by atoms with E-state index in [0.717, 1.165) is 0 Å². The molecule has 1 aromatic carbocycles. The Hall–Kier alpha value is -2.99. The SMILES string of the molecule is N#Cc1cnn2c(Nc3ccc(OC(F)(F)F)cc3)cc(CCl)nc12. The first-order chi connectivity index (χ1) is 11.9. The minimum Gasteiger partial charge on any atom is -0.406 e. The van der Waals surface area contributed by atoms with Gasteiger partial charge >= 0.3 is 6.36 Å². The summed E-state index contributed by atoms with van der Waals surface area (Å²) in [6.07, 6.45) is -3.38. The second-order valence-electron chi connectivity index (χ2n) is 4.87. The Kier molecular flexibility index (Phi) is 4.37. The van der Waals surface area contributed by atoms with Gasteiger partial charge in [0.15, 0.2) is 5.65 Å². The minimum absolute atomic E-state index is 0.125. The Balaban J connectivity index is 1.92. The number of nitrogens with one attached hydrogen (secondary N) is 1. The van der Waals surface area contributed by atoms with E-state index in [1.54, 1.807) is 6.07 Å². The third-order valence-corrected chi connectivity index (χ3v) is 3.42. The molecular weight excluding hydrogens is 359 g/mol. The number of halogens is 4. The summed E-state index contributed by atoms with van der Waals surface area (Å²) in [5.41, 5.74) is 1.63. The van der Waals surface area contributed by atoms with Crippen LogP contribution in [0.1, 0.15) is 11.3 Å². The number of ether oxygens (including phenoxy) is 1. The number of fused-ring (bicyclic) bond motifs is 1. The Bertz CT molecular complexity index is 947. The van der Waals surface area contributed by atoms with Crippen molar-refractivity contribution in [3.8, 4) is 11.8 Å². The number of nitriles is 1. The molecule has 0 aliphatic rings. The average Bonchev–Trinajstić information content (AvgIpc) is 2.98. The summed E-state index contributed by atoms with van der Waals surface area (Å²) in [6, 6.07) is 8.82. The van der Waals surface area contributed by atoms with Crippen LogP contribution in [0.3, 0.4) is 0 Å². The van der Waals surface area contributed by atoms with E-state index in [0.29, 0.717) is 22.8 Å². The Labute approximate surface area is 144 Å². The van der Waals surface area contributed by atoms with Crippen LogP contribution in [0.2, 0.25) is 0 Å². The smallest absolute Gasteiger partial charge is 0.406 e. The van der Waals surface area contributed by atoms with Crippen molar-refractivity contribution in [2.45, 2.75) is 12.2 Å². The second-order valence-corrected chi connectivity index (χ2v) is 5.14. The molecule has 0 radical (unpaired) electrons. The Morgan fingerprint density at radius 1 is 1.28 bits per heavy atom. The third-order valence-electron chi connectivity index (χ3n) is 3.14. The first kappa shape index (κ1) is 16.9. The molecule has 0 aliphatic carbocycles. The zero-order valence-corrected chi connectivity index (χ0v) is 13.1. The lowest BCUT2D eigenvalue weighted by Crippen LogP contribution is -2.17. The highest BCUT2D eigenvalue weighted by molar-refractivity contribution is 6.16. The Morgan fingerprint density at radius 3 is 2.60 bits per heavy atom. The minimum atomic E-state index is -4.75. The molecule has 0 bridgehead atoms. The van der Waals surface area contributed by atoms with Crippen molar-refractivity contribution in [1.29, 1.82) is 5.26 Å². The topological polar surface area (TPSA) is 75.2 Å². The average molecular weight is 368 g/mol. The highest BCUT2D eigenvalue weighted by atomic mass is 35.5. The van der Waals surface area contributed by atoms with Gasteiger partial charge in [-0.05, 0) is 24.3 Å². The van der Waals surface area contributed by atoms with Crippen molar-refractivity contribution in [2.24, 2.45) is 0 Å². The first-order valence-corrected chi connectivity index (χ1v) is 7.39. The fourth-order valence-electron chi connectivity index (χ4n) is 2.14. The van der Waals surface area contributed by atoms with Gasteiger partial charge in [0.2, 0.25) is 0 Å². The van der Waals surface area contributed by atoms with Crippen molar-refractivity contribution in [1.82, 2.24) is 14.6 Å². The van der Waals surface area contributed by atoms with E-state index in [-0.39, 0.29) is 17.2 Å². The van der Waals surface area contributed by atoms with Crippen molar-refractivity contribution in [3.05, 3.63) is 47.8 Å². The van der Waals surface area contributed by atoms with Gasteiger partial charge in [0.1, 0.15) is 23.2 Å². The number of hydrogen-bond acceptors (Lipinski definition) is 5. The summed E-state index contributed by atoms with van der Waals surface area (Å²) < 4.78 is 41.8. The van der Waals surface area contributed by atoms with Gasteiger partial charge in [-0.25, -0.2) is 4.98 Å². The number of aromatic nitrogens is 3. The van der Waals surface area contributed by atoms with Gasteiger partial charge < -0.3 is 10.1 Å². The van der Waals surface area contributed by atoms with E-state index in [4.69, 9.17) is 16.9 Å². The summed E-state index contributed by atoms with van der Waals surface area (Å²) in [5.74, 6) is 0.261. The molecule has 128 valence electrons. The van der Waals surface area contributed by atoms with Gasteiger partial charge in [-0.3, -0.25) is 0 Å². The van der Waals surface area contributed by atoms with Crippen molar-refractivity contribution in [2.75, 3.05) is 5.32 Å². The largest absolute Gasteiger partial charge is 0.573 e. The molecular formula is C15H9ClF3N5O. The van der Waals surface area contributed by atoms with E-state index in [9.17, 15) is 13.2 Å². The molecule has 2 aromatic heterocycles. The molecule has 0 atom stereocenters. The summed E-state index contributed by atoms with van der Waals surface area (Å²) in [6.45, 7) is 0. The van der Waals surface area contributed by atoms with Gasteiger partial charge in [0.05, 0.1) is 17.8 Å². The monoisotopic (exact) mass is 367 g/mol. The van der Waals surface area contributed by atoms with Crippen LogP contribution in [0.5, 0.6) is 5.75 Å². The number of anilines is 2. The predicted molar refractivity (Wildman–Crippen MR) is 83.7 cm³/mol. The molecule has 0 saturated heterocycles. The maximum absolute atomic E-state index is 12.2. The van der Waals surface area contributed by atoms with Gasteiger partial charge in [0, 0.05) is 11.8 Å². The molecule has 0 aliphatic heterocycles. The number of hydrogen-bond donors (Lipinski definition) is 1.